The molecule has 1 aromatic carbocycles. The lowest BCUT2D eigenvalue weighted by Gasteiger charge is -2.28. The molecule has 0 saturated carbocycles. The van der Waals surface area contributed by atoms with Crippen molar-refractivity contribution >= 4 is 22.7 Å². The Hall–Kier alpha value is -3.04. The Morgan fingerprint density at radius 2 is 1.82 bits per heavy atom. The van der Waals surface area contributed by atoms with Gasteiger partial charge in [0.15, 0.2) is 22.8 Å². The number of morpholine rings is 1. The second kappa shape index (κ2) is 8.39. The van der Waals surface area contributed by atoms with Gasteiger partial charge in [-0.3, -0.25) is 5.01 Å². The lowest BCUT2D eigenvalue weighted by atomic mass is 10.0. The summed E-state index contributed by atoms with van der Waals surface area (Å²) in [5, 5.41) is 17.4. The Kier molecular flexibility index (Phi) is 5.54. The largest absolute Gasteiger partial charge is 0.383 e. The Morgan fingerprint density at radius 3 is 2.48 bits per heavy atom. The molecule has 0 atom stereocenters. The molecular weight excluding hydrogens is 418 g/mol. The van der Waals surface area contributed by atoms with E-state index in [1.54, 1.807) is 13.8 Å². The van der Waals surface area contributed by atoms with Crippen molar-refractivity contribution in [2.45, 2.75) is 39.3 Å². The fraction of sp³-hybridized carbons (Fsp3) is 0.500. The zero-order valence-electron chi connectivity index (χ0n) is 19.7. The molecule has 1 fully saturated rings. The van der Waals surface area contributed by atoms with Crippen LogP contribution in [-0.4, -0.2) is 75.2 Å². The summed E-state index contributed by atoms with van der Waals surface area (Å²) in [6.07, 6.45) is 0.927. The maximum atomic E-state index is 10.8. The van der Waals surface area contributed by atoms with Crippen LogP contribution in [0.1, 0.15) is 38.6 Å². The molecule has 174 valence electrons. The molecule has 0 bridgehead atoms. The molecule has 0 aliphatic carbocycles. The number of fused-ring (bicyclic) bond motifs is 1. The maximum absolute atomic E-state index is 10.8. The summed E-state index contributed by atoms with van der Waals surface area (Å²) in [5.74, 6) is 2.03. The van der Waals surface area contributed by atoms with Gasteiger partial charge in [-0.1, -0.05) is 18.2 Å². The third-order valence-electron chi connectivity index (χ3n) is 6.17. The van der Waals surface area contributed by atoms with Crippen molar-refractivity contribution < 1.29 is 9.84 Å². The van der Waals surface area contributed by atoms with Crippen molar-refractivity contribution in [3.8, 4) is 11.4 Å². The van der Waals surface area contributed by atoms with E-state index in [0.29, 0.717) is 31.4 Å². The van der Waals surface area contributed by atoms with E-state index in [1.807, 2.05) is 35.7 Å². The highest BCUT2D eigenvalue weighted by atomic mass is 16.5. The molecule has 0 unspecified atom stereocenters. The van der Waals surface area contributed by atoms with Crippen LogP contribution >= 0.6 is 0 Å². The first kappa shape index (κ1) is 21.8. The number of nitrogens with zero attached hydrogens (tertiary/aromatic N) is 7. The van der Waals surface area contributed by atoms with Gasteiger partial charge in [0, 0.05) is 45.2 Å². The fourth-order valence-corrected chi connectivity index (χ4v) is 4.49. The van der Waals surface area contributed by atoms with Crippen LogP contribution in [0, 0.1) is 0 Å². The molecule has 2 aromatic heterocycles. The van der Waals surface area contributed by atoms with Gasteiger partial charge in [-0.15, -0.1) is 0 Å². The Labute approximate surface area is 193 Å². The topological polar surface area (TPSA) is 91.9 Å². The predicted octanol–water partition coefficient (Wildman–Crippen LogP) is 2.62. The van der Waals surface area contributed by atoms with E-state index in [2.05, 4.69) is 22.1 Å². The van der Waals surface area contributed by atoms with Crippen molar-refractivity contribution in [1.82, 2.24) is 24.5 Å². The Balaban J connectivity index is 1.69. The minimum Gasteiger partial charge on any atom is -0.383 e. The summed E-state index contributed by atoms with van der Waals surface area (Å²) < 4.78 is 7.56. The van der Waals surface area contributed by atoms with Gasteiger partial charge in [-0.05, 0) is 32.4 Å². The number of hydrazone groups is 1. The van der Waals surface area contributed by atoms with Crippen molar-refractivity contribution in [2.75, 3.05) is 44.8 Å². The van der Waals surface area contributed by atoms with Crippen LogP contribution in [0.2, 0.25) is 0 Å². The lowest BCUT2D eigenvalue weighted by Crippen LogP contribution is -2.37. The van der Waals surface area contributed by atoms with E-state index in [1.165, 1.54) is 0 Å². The Bertz CT molecular complexity index is 1210. The fourth-order valence-electron chi connectivity index (χ4n) is 4.49. The quantitative estimate of drug-likeness (QED) is 0.640. The number of rotatable bonds is 5. The minimum atomic E-state index is -1.09. The molecule has 1 N–H and O–H groups in total. The predicted molar refractivity (Wildman–Crippen MR) is 128 cm³/mol. The van der Waals surface area contributed by atoms with Gasteiger partial charge in [0.2, 0.25) is 0 Å². The molecule has 0 spiro atoms. The molecular formula is C24H31N7O2. The first-order chi connectivity index (χ1) is 15.8. The first-order valence-electron chi connectivity index (χ1n) is 11.6. The van der Waals surface area contributed by atoms with E-state index in [-0.39, 0.29) is 0 Å². The van der Waals surface area contributed by atoms with Gasteiger partial charge in [-0.25, -0.2) is 15.0 Å². The number of hydrogen-bond acceptors (Lipinski definition) is 8. The number of imidazole rings is 1. The van der Waals surface area contributed by atoms with Crippen LogP contribution < -0.4 is 4.90 Å². The van der Waals surface area contributed by atoms with Gasteiger partial charge < -0.3 is 19.3 Å². The Morgan fingerprint density at radius 1 is 1.06 bits per heavy atom. The van der Waals surface area contributed by atoms with E-state index >= 15 is 0 Å². The van der Waals surface area contributed by atoms with Gasteiger partial charge in [0.1, 0.15) is 11.4 Å². The van der Waals surface area contributed by atoms with Gasteiger partial charge >= 0.3 is 0 Å². The average Bonchev–Trinajstić information content (AvgIpc) is 3.42. The molecule has 3 aromatic rings. The molecule has 1 saturated heterocycles. The highest BCUT2D eigenvalue weighted by molar-refractivity contribution is 6.02. The summed E-state index contributed by atoms with van der Waals surface area (Å²) in [4.78, 5) is 17.0. The van der Waals surface area contributed by atoms with Crippen LogP contribution in [0.15, 0.2) is 29.4 Å². The molecule has 2 aliphatic heterocycles. The minimum absolute atomic E-state index is 0.595. The second-order valence-electron chi connectivity index (χ2n) is 9.14. The smallest absolute Gasteiger partial charge is 0.166 e. The second-order valence-corrected chi connectivity index (χ2v) is 9.14. The standard InChI is InChI=1S/C24H31N7O2/c1-5-31-22-19(25-23(31)24(2,3)32)21(30-11-13-33-14-12-30)26-20(27-22)17-8-6-7-16(15-17)18-9-10-29(4)28-18/h6-8,15,32H,5,9-14H2,1-4H3. The van der Waals surface area contributed by atoms with Crippen molar-refractivity contribution in [1.29, 1.82) is 0 Å². The van der Waals surface area contributed by atoms with Gasteiger partial charge in [0.05, 0.1) is 18.9 Å². The highest BCUT2D eigenvalue weighted by Gasteiger charge is 2.29. The molecule has 0 amide bonds. The van der Waals surface area contributed by atoms with E-state index in [0.717, 1.165) is 59.9 Å². The number of aromatic nitrogens is 4. The van der Waals surface area contributed by atoms with Crippen LogP contribution in [0.4, 0.5) is 5.82 Å². The van der Waals surface area contributed by atoms with Crippen molar-refractivity contribution in [3.63, 3.8) is 0 Å². The SMILES string of the molecule is CCn1c(C(C)(C)O)nc2c(N3CCOCC3)nc(-c3cccc(C4=NN(C)CC4)c3)nc21. The monoisotopic (exact) mass is 449 g/mol. The first-order valence-corrected chi connectivity index (χ1v) is 11.6. The summed E-state index contributed by atoms with van der Waals surface area (Å²) in [7, 11) is 1.99. The summed E-state index contributed by atoms with van der Waals surface area (Å²) in [6.45, 7) is 9.92. The number of benzene rings is 1. The molecule has 9 heteroatoms. The molecule has 0 radical (unpaired) electrons. The maximum Gasteiger partial charge on any atom is 0.166 e. The molecule has 4 heterocycles. The van der Waals surface area contributed by atoms with E-state index < -0.39 is 5.60 Å². The number of aliphatic hydroxyl groups is 1. The van der Waals surface area contributed by atoms with E-state index in [4.69, 9.17) is 19.7 Å². The van der Waals surface area contributed by atoms with Crippen LogP contribution in [0.5, 0.6) is 0 Å². The third-order valence-corrected chi connectivity index (χ3v) is 6.17. The number of ether oxygens (including phenoxy) is 1. The van der Waals surface area contributed by atoms with Gasteiger partial charge in [0.25, 0.3) is 0 Å². The zero-order valence-corrected chi connectivity index (χ0v) is 19.7. The number of aryl methyl sites for hydroxylation is 1. The van der Waals surface area contributed by atoms with E-state index in [9.17, 15) is 5.11 Å². The zero-order chi connectivity index (χ0) is 23.2. The van der Waals surface area contributed by atoms with Crippen LogP contribution in [0.3, 0.4) is 0 Å². The lowest BCUT2D eigenvalue weighted by molar-refractivity contribution is 0.0654. The summed E-state index contributed by atoms with van der Waals surface area (Å²) in [6, 6.07) is 8.28. The van der Waals surface area contributed by atoms with Crippen LogP contribution in [0.25, 0.3) is 22.6 Å². The molecule has 5 rings (SSSR count). The van der Waals surface area contributed by atoms with Gasteiger partial charge in [-0.2, -0.15) is 5.10 Å². The highest BCUT2D eigenvalue weighted by Crippen LogP contribution is 2.32. The van der Waals surface area contributed by atoms with Crippen molar-refractivity contribution in [2.24, 2.45) is 5.10 Å². The number of anilines is 1. The summed E-state index contributed by atoms with van der Waals surface area (Å²) in [5.41, 5.74) is 3.48. The van der Waals surface area contributed by atoms with Crippen LogP contribution in [-0.2, 0) is 16.9 Å². The van der Waals surface area contributed by atoms with Crippen molar-refractivity contribution in [3.05, 3.63) is 35.7 Å². The average molecular weight is 450 g/mol. The molecule has 33 heavy (non-hydrogen) atoms. The summed E-state index contributed by atoms with van der Waals surface area (Å²) >= 11 is 0. The molecule has 2 aliphatic rings. The molecule has 9 nitrogen and oxygen atoms in total. The number of hydrogen-bond donors (Lipinski definition) is 1. The normalized spacial score (nSPS) is 17.2. The third kappa shape index (κ3) is 4.06.